The summed E-state index contributed by atoms with van der Waals surface area (Å²) in [4.78, 5) is 2.70. The van der Waals surface area contributed by atoms with Crippen LogP contribution in [-0.4, -0.2) is 12.1 Å². The number of anilines is 2. The van der Waals surface area contributed by atoms with E-state index in [0.29, 0.717) is 12.1 Å². The topological polar surface area (TPSA) is 15.3 Å². The number of allylic oxidation sites excluding steroid dienone is 5. The van der Waals surface area contributed by atoms with Crippen molar-refractivity contribution in [2.75, 3.05) is 10.2 Å². The predicted molar refractivity (Wildman–Crippen MR) is 187 cm³/mol. The Morgan fingerprint density at radius 1 is 0.682 bits per heavy atom. The Balaban J connectivity index is 1.11. The van der Waals surface area contributed by atoms with Gasteiger partial charge in [0.2, 0.25) is 0 Å². The lowest BCUT2D eigenvalue weighted by atomic mass is 9.90. The Morgan fingerprint density at radius 3 is 2.48 bits per heavy atom. The highest BCUT2D eigenvalue weighted by atomic mass is 15.2. The van der Waals surface area contributed by atoms with Gasteiger partial charge in [-0.25, -0.2) is 0 Å². The molecule has 5 aromatic rings. The third kappa shape index (κ3) is 4.09. The van der Waals surface area contributed by atoms with Gasteiger partial charge in [-0.3, -0.25) is 0 Å². The molecular formula is C42H34N2. The molecule has 2 nitrogen and oxygen atoms in total. The highest BCUT2D eigenvalue weighted by Gasteiger charge is 2.42. The Labute approximate surface area is 259 Å². The molecule has 2 heteroatoms. The second kappa shape index (κ2) is 10.3. The standard InChI is InChI=1S/C42H34N2/c1-4-17-34-28(11-1)13-10-21-40(34)43-31-23-24-38-37-20-7-8-22-41(37)44(42(38)27-31)32-15-9-14-29(25-32)39-26-30-12-2-3-16-33(30)35-18-5-6-19-36(35)39/h1-3,5-16,18-21,23-26,41-43H,4,17,22,27H2. The van der Waals surface area contributed by atoms with Gasteiger partial charge < -0.3 is 10.2 Å². The molecule has 1 heterocycles. The summed E-state index contributed by atoms with van der Waals surface area (Å²) in [6.45, 7) is 0. The van der Waals surface area contributed by atoms with Crippen LogP contribution in [0.4, 0.5) is 11.4 Å². The summed E-state index contributed by atoms with van der Waals surface area (Å²) < 4.78 is 0. The monoisotopic (exact) mass is 566 g/mol. The number of hydrogen-bond donors (Lipinski definition) is 1. The van der Waals surface area contributed by atoms with Gasteiger partial charge in [-0.1, -0.05) is 109 Å². The summed E-state index contributed by atoms with van der Waals surface area (Å²) in [5.41, 5.74) is 12.1. The molecule has 0 amide bonds. The fraction of sp³-hybridized carbons (Fsp3) is 0.143. The molecule has 9 rings (SSSR count). The molecule has 4 aliphatic rings. The molecule has 44 heavy (non-hydrogen) atoms. The molecule has 2 unspecified atom stereocenters. The highest BCUT2D eigenvalue weighted by molar-refractivity contribution is 6.13. The maximum absolute atomic E-state index is 3.87. The van der Waals surface area contributed by atoms with E-state index in [4.69, 9.17) is 0 Å². The van der Waals surface area contributed by atoms with E-state index in [2.05, 4.69) is 150 Å². The molecule has 1 fully saturated rings. The van der Waals surface area contributed by atoms with Crippen molar-refractivity contribution in [3.05, 3.63) is 161 Å². The van der Waals surface area contributed by atoms with Gasteiger partial charge in [-0.2, -0.15) is 0 Å². The van der Waals surface area contributed by atoms with Gasteiger partial charge in [0.1, 0.15) is 0 Å². The first-order valence-electron chi connectivity index (χ1n) is 15.9. The van der Waals surface area contributed by atoms with E-state index < -0.39 is 0 Å². The van der Waals surface area contributed by atoms with E-state index in [-0.39, 0.29) is 0 Å². The molecule has 1 saturated heterocycles. The summed E-state index contributed by atoms with van der Waals surface area (Å²) >= 11 is 0. The van der Waals surface area contributed by atoms with Crippen molar-refractivity contribution in [1.29, 1.82) is 0 Å². The molecule has 0 saturated carbocycles. The molecule has 1 N–H and O–H groups in total. The lowest BCUT2D eigenvalue weighted by Crippen LogP contribution is -2.38. The lowest BCUT2D eigenvalue weighted by Gasteiger charge is -2.34. The second-order valence-electron chi connectivity index (χ2n) is 12.4. The predicted octanol–water partition coefficient (Wildman–Crippen LogP) is 10.4. The van der Waals surface area contributed by atoms with Crippen LogP contribution in [0.1, 0.15) is 30.4 Å². The van der Waals surface area contributed by atoms with Crippen LogP contribution in [0.3, 0.4) is 0 Å². The Morgan fingerprint density at radius 2 is 1.52 bits per heavy atom. The van der Waals surface area contributed by atoms with Gasteiger partial charge in [-0.05, 0) is 105 Å². The second-order valence-corrected chi connectivity index (χ2v) is 12.4. The summed E-state index contributed by atoms with van der Waals surface area (Å²) in [6, 6.07) is 36.6. The van der Waals surface area contributed by atoms with Gasteiger partial charge in [0.25, 0.3) is 0 Å². The lowest BCUT2D eigenvalue weighted by molar-refractivity contribution is 0.651. The summed E-state index contributed by atoms with van der Waals surface area (Å²) in [5.74, 6) is 0. The van der Waals surface area contributed by atoms with E-state index in [1.807, 2.05) is 0 Å². The molecular weight excluding hydrogens is 532 g/mol. The van der Waals surface area contributed by atoms with Crippen molar-refractivity contribution in [2.24, 2.45) is 0 Å². The number of nitrogens with one attached hydrogen (secondary N) is 1. The van der Waals surface area contributed by atoms with Gasteiger partial charge >= 0.3 is 0 Å². The molecule has 0 aromatic heterocycles. The number of rotatable bonds is 4. The highest BCUT2D eigenvalue weighted by Crippen LogP contribution is 2.46. The van der Waals surface area contributed by atoms with E-state index in [1.54, 1.807) is 0 Å². The molecule has 2 atom stereocenters. The van der Waals surface area contributed by atoms with Crippen molar-refractivity contribution in [3.8, 4) is 11.1 Å². The molecule has 0 radical (unpaired) electrons. The van der Waals surface area contributed by atoms with Crippen molar-refractivity contribution in [1.82, 2.24) is 0 Å². The van der Waals surface area contributed by atoms with Gasteiger partial charge in [0.15, 0.2) is 0 Å². The number of benzene rings is 5. The largest absolute Gasteiger partial charge is 0.359 e. The van der Waals surface area contributed by atoms with Crippen LogP contribution in [0.25, 0.3) is 38.7 Å². The average Bonchev–Trinajstić information content (AvgIpc) is 3.42. The molecule has 3 aliphatic carbocycles. The van der Waals surface area contributed by atoms with Crippen LogP contribution in [0.15, 0.2) is 150 Å². The number of fused-ring (bicyclic) bond motifs is 7. The van der Waals surface area contributed by atoms with Crippen molar-refractivity contribution in [3.63, 3.8) is 0 Å². The zero-order valence-corrected chi connectivity index (χ0v) is 24.7. The summed E-state index contributed by atoms with van der Waals surface area (Å²) in [6.07, 6.45) is 20.4. The summed E-state index contributed by atoms with van der Waals surface area (Å²) in [7, 11) is 0. The van der Waals surface area contributed by atoms with E-state index in [1.165, 1.54) is 72.0 Å². The van der Waals surface area contributed by atoms with Gasteiger partial charge in [-0.15, -0.1) is 0 Å². The average molecular weight is 567 g/mol. The van der Waals surface area contributed by atoms with Gasteiger partial charge in [0, 0.05) is 23.5 Å². The van der Waals surface area contributed by atoms with E-state index in [9.17, 15) is 0 Å². The van der Waals surface area contributed by atoms with E-state index in [0.717, 1.165) is 25.7 Å². The SMILES string of the molecule is C1=CCC2C(=C1)C1=CC=C(Nc3cccc4c3CCC=C4)CC1N2c1cccc(-c2cc3ccccc3c3ccccc23)c1. The molecule has 5 aromatic carbocycles. The Kier molecular flexibility index (Phi) is 5.94. The van der Waals surface area contributed by atoms with Crippen molar-refractivity contribution < 1.29 is 0 Å². The third-order valence-electron chi connectivity index (χ3n) is 9.96. The van der Waals surface area contributed by atoms with Crippen LogP contribution in [-0.2, 0) is 6.42 Å². The zero-order chi connectivity index (χ0) is 29.0. The zero-order valence-electron chi connectivity index (χ0n) is 24.7. The Hall–Kier alpha value is -5.08. The first-order chi connectivity index (χ1) is 21.8. The molecule has 212 valence electrons. The van der Waals surface area contributed by atoms with Crippen molar-refractivity contribution >= 4 is 39.0 Å². The van der Waals surface area contributed by atoms with Crippen LogP contribution >= 0.6 is 0 Å². The molecule has 0 bridgehead atoms. The van der Waals surface area contributed by atoms with Crippen LogP contribution < -0.4 is 10.2 Å². The fourth-order valence-corrected chi connectivity index (χ4v) is 7.96. The maximum atomic E-state index is 3.87. The fourth-order valence-electron chi connectivity index (χ4n) is 7.96. The maximum Gasteiger partial charge on any atom is 0.0607 e. The minimum Gasteiger partial charge on any atom is -0.359 e. The first kappa shape index (κ1) is 25.4. The molecule has 1 aliphatic heterocycles. The first-order valence-corrected chi connectivity index (χ1v) is 15.9. The van der Waals surface area contributed by atoms with Crippen LogP contribution in [0.2, 0.25) is 0 Å². The quantitative estimate of drug-likeness (QED) is 0.218. The normalized spacial score (nSPS) is 20.1. The number of hydrogen-bond acceptors (Lipinski definition) is 2. The smallest absolute Gasteiger partial charge is 0.0607 e. The van der Waals surface area contributed by atoms with Gasteiger partial charge in [0.05, 0.1) is 12.1 Å². The number of nitrogens with zero attached hydrogens (tertiary/aromatic N) is 1. The summed E-state index contributed by atoms with van der Waals surface area (Å²) in [5, 5.41) is 9.08. The van der Waals surface area contributed by atoms with E-state index >= 15 is 0 Å². The minimum atomic E-state index is 0.293. The van der Waals surface area contributed by atoms with Crippen molar-refractivity contribution in [2.45, 2.75) is 37.8 Å². The minimum absolute atomic E-state index is 0.293. The third-order valence-corrected chi connectivity index (χ3v) is 9.96. The Bertz CT molecular complexity index is 2120. The van der Waals surface area contributed by atoms with Crippen LogP contribution in [0.5, 0.6) is 0 Å². The van der Waals surface area contributed by atoms with Crippen LogP contribution in [0, 0.1) is 0 Å². The molecule has 0 spiro atoms.